The molecule has 0 aliphatic rings. The Hall–Kier alpha value is -5.96. The number of unbranched alkanes of at least 4 members (excludes halogenated alkanes) is 2. The van der Waals surface area contributed by atoms with Crippen molar-refractivity contribution in [2.75, 3.05) is 26.4 Å². The first kappa shape index (κ1) is 38.8. The van der Waals surface area contributed by atoms with Crippen LogP contribution in [-0.2, 0) is 22.7 Å². The van der Waals surface area contributed by atoms with Crippen LogP contribution < -0.4 is 9.47 Å². The Morgan fingerprint density at radius 2 is 0.855 bits per heavy atom. The van der Waals surface area contributed by atoms with Gasteiger partial charge in [-0.2, -0.15) is 0 Å². The molecule has 0 bridgehead atoms. The molecular weight excluding hydrogens is 685 g/mol. The molecule has 6 rings (SSSR count). The standard InChI is InChI=1S/C47H48N4O4/c1-6-16-38(17-7-1)34-52-36-46(40-20-10-3-11-21-40)50-30-42-24-26-44(32-48-42)54-28-14-5-15-29-55-45-27-25-43(49-33-45)31-51-47(41-22-12-4-13-23-41)37-53-35-39-18-8-2-9-19-39/h1-4,6-13,16-27,30-33,46-47H,5,14-15,28-29,34-37H2/t46-,47-/m0/s1. The summed E-state index contributed by atoms with van der Waals surface area (Å²) in [5.41, 5.74) is 6.01. The molecule has 2 heterocycles. The molecule has 2 atom stereocenters. The van der Waals surface area contributed by atoms with Gasteiger partial charge < -0.3 is 18.9 Å². The highest BCUT2D eigenvalue weighted by Crippen LogP contribution is 2.20. The lowest BCUT2D eigenvalue weighted by atomic mass is 10.1. The number of rotatable bonds is 22. The molecule has 0 N–H and O–H groups in total. The van der Waals surface area contributed by atoms with E-state index < -0.39 is 0 Å². The van der Waals surface area contributed by atoms with Crippen LogP contribution in [0.15, 0.2) is 168 Å². The van der Waals surface area contributed by atoms with E-state index in [0.717, 1.165) is 64.4 Å². The molecule has 0 radical (unpaired) electrons. The van der Waals surface area contributed by atoms with Gasteiger partial charge in [0, 0.05) is 12.4 Å². The third-order valence-electron chi connectivity index (χ3n) is 8.76. The highest BCUT2D eigenvalue weighted by molar-refractivity contribution is 5.77. The SMILES string of the molecule is C(=N[C@@H](COCc1ccccc1)c1ccccc1)c1ccc(OCCCCCOc2ccc(C=N[C@@H](COCc3ccccc3)c3ccccc3)nc2)cn1. The highest BCUT2D eigenvalue weighted by atomic mass is 16.5. The summed E-state index contributed by atoms with van der Waals surface area (Å²) < 4.78 is 23.9. The van der Waals surface area contributed by atoms with Crippen molar-refractivity contribution >= 4 is 12.4 Å². The van der Waals surface area contributed by atoms with E-state index in [-0.39, 0.29) is 12.1 Å². The number of hydrogen-bond donors (Lipinski definition) is 0. The molecule has 0 aliphatic carbocycles. The Morgan fingerprint density at radius 1 is 0.455 bits per heavy atom. The molecule has 8 nitrogen and oxygen atoms in total. The van der Waals surface area contributed by atoms with Crippen molar-refractivity contribution in [3.05, 3.63) is 192 Å². The summed E-state index contributed by atoms with van der Waals surface area (Å²) in [6.45, 7) is 3.26. The second-order valence-electron chi connectivity index (χ2n) is 13.0. The van der Waals surface area contributed by atoms with Gasteiger partial charge in [0.25, 0.3) is 0 Å². The van der Waals surface area contributed by atoms with Crippen LogP contribution in [0.1, 0.15) is 65.0 Å². The number of ether oxygens (including phenoxy) is 4. The highest BCUT2D eigenvalue weighted by Gasteiger charge is 2.11. The molecule has 55 heavy (non-hydrogen) atoms. The first-order chi connectivity index (χ1) is 27.3. The quantitative estimate of drug-likeness (QED) is 0.0510. The van der Waals surface area contributed by atoms with Gasteiger partial charge in [0.2, 0.25) is 0 Å². The maximum absolute atomic E-state index is 6.02. The summed E-state index contributed by atoms with van der Waals surface area (Å²) in [6, 6.07) is 48.2. The van der Waals surface area contributed by atoms with Crippen LogP contribution in [-0.4, -0.2) is 48.8 Å². The summed E-state index contributed by atoms with van der Waals surface area (Å²) >= 11 is 0. The van der Waals surface area contributed by atoms with Gasteiger partial charge in [0.1, 0.15) is 11.5 Å². The Kier molecular flexibility index (Phi) is 15.7. The van der Waals surface area contributed by atoms with Gasteiger partial charge in [-0.15, -0.1) is 0 Å². The first-order valence-electron chi connectivity index (χ1n) is 18.9. The number of benzene rings is 4. The van der Waals surface area contributed by atoms with Gasteiger partial charge in [0.05, 0.1) is 75.5 Å². The Balaban J connectivity index is 0.875. The fourth-order valence-corrected chi connectivity index (χ4v) is 5.73. The van der Waals surface area contributed by atoms with Crippen LogP contribution in [0.2, 0.25) is 0 Å². The van der Waals surface area contributed by atoms with Gasteiger partial charge in [-0.05, 0) is 65.8 Å². The predicted octanol–water partition coefficient (Wildman–Crippen LogP) is 9.86. The van der Waals surface area contributed by atoms with Crippen molar-refractivity contribution in [3.63, 3.8) is 0 Å². The molecule has 0 spiro atoms. The third kappa shape index (κ3) is 13.8. The van der Waals surface area contributed by atoms with E-state index in [0.29, 0.717) is 39.6 Å². The third-order valence-corrected chi connectivity index (χ3v) is 8.76. The lowest BCUT2D eigenvalue weighted by molar-refractivity contribution is 0.108. The largest absolute Gasteiger partial charge is 0.492 e. The Morgan fingerprint density at radius 3 is 1.24 bits per heavy atom. The van der Waals surface area contributed by atoms with Crippen LogP contribution in [0.3, 0.4) is 0 Å². The minimum Gasteiger partial charge on any atom is -0.492 e. The van der Waals surface area contributed by atoms with Crippen molar-refractivity contribution < 1.29 is 18.9 Å². The smallest absolute Gasteiger partial charge is 0.137 e. The van der Waals surface area contributed by atoms with Gasteiger partial charge in [-0.1, -0.05) is 121 Å². The molecular formula is C47H48N4O4. The Bertz CT molecular complexity index is 1830. The van der Waals surface area contributed by atoms with Crippen LogP contribution >= 0.6 is 0 Å². The van der Waals surface area contributed by atoms with E-state index in [4.69, 9.17) is 28.9 Å². The molecule has 0 saturated heterocycles. The number of aliphatic imine (C=N–C) groups is 2. The zero-order valence-corrected chi connectivity index (χ0v) is 31.1. The predicted molar refractivity (Wildman–Crippen MR) is 219 cm³/mol. The van der Waals surface area contributed by atoms with Crippen molar-refractivity contribution in [1.29, 1.82) is 0 Å². The Labute approximate surface area is 324 Å². The fraction of sp³-hybridized carbons (Fsp3) is 0.234. The van der Waals surface area contributed by atoms with Crippen molar-refractivity contribution in [2.45, 2.75) is 44.6 Å². The monoisotopic (exact) mass is 732 g/mol. The zero-order chi connectivity index (χ0) is 37.6. The van der Waals surface area contributed by atoms with E-state index in [9.17, 15) is 0 Å². The van der Waals surface area contributed by atoms with Crippen LogP contribution in [0.25, 0.3) is 0 Å². The second kappa shape index (κ2) is 22.3. The summed E-state index contributed by atoms with van der Waals surface area (Å²) in [5, 5.41) is 0. The normalized spacial score (nSPS) is 12.5. The average Bonchev–Trinajstić information content (AvgIpc) is 3.25. The molecule has 280 valence electrons. The van der Waals surface area contributed by atoms with Gasteiger partial charge in [-0.3, -0.25) is 20.0 Å². The molecule has 0 unspecified atom stereocenters. The molecule has 2 aromatic heterocycles. The van der Waals surface area contributed by atoms with Crippen LogP contribution in [0, 0.1) is 0 Å². The molecule has 8 heteroatoms. The first-order valence-corrected chi connectivity index (χ1v) is 18.9. The van der Waals surface area contributed by atoms with Crippen LogP contribution in [0.4, 0.5) is 0 Å². The molecule has 6 aromatic rings. The number of hydrogen-bond acceptors (Lipinski definition) is 8. The van der Waals surface area contributed by atoms with E-state index in [2.05, 4.69) is 58.5 Å². The maximum Gasteiger partial charge on any atom is 0.137 e. The number of aromatic nitrogens is 2. The van der Waals surface area contributed by atoms with Crippen LogP contribution in [0.5, 0.6) is 11.5 Å². The molecule has 0 aliphatic heterocycles. The zero-order valence-electron chi connectivity index (χ0n) is 31.1. The summed E-state index contributed by atoms with van der Waals surface area (Å²) in [6.07, 6.45) is 9.91. The fourth-order valence-electron chi connectivity index (χ4n) is 5.73. The molecule has 0 saturated carbocycles. The van der Waals surface area contributed by atoms with Crippen molar-refractivity contribution in [3.8, 4) is 11.5 Å². The van der Waals surface area contributed by atoms with E-state index in [1.165, 1.54) is 0 Å². The summed E-state index contributed by atoms with van der Waals surface area (Å²) in [7, 11) is 0. The lowest BCUT2D eigenvalue weighted by Gasteiger charge is -2.14. The van der Waals surface area contributed by atoms with E-state index in [1.807, 2.05) is 97.1 Å². The minimum absolute atomic E-state index is 0.128. The average molecular weight is 733 g/mol. The number of pyridine rings is 2. The van der Waals surface area contributed by atoms with Gasteiger partial charge in [-0.25, -0.2) is 0 Å². The molecule has 0 fully saturated rings. The summed E-state index contributed by atoms with van der Waals surface area (Å²) in [4.78, 5) is 18.7. The molecule has 0 amide bonds. The minimum atomic E-state index is -0.128. The second-order valence-corrected chi connectivity index (χ2v) is 13.0. The van der Waals surface area contributed by atoms with Crippen molar-refractivity contribution in [2.24, 2.45) is 9.98 Å². The van der Waals surface area contributed by atoms with E-state index >= 15 is 0 Å². The van der Waals surface area contributed by atoms with Gasteiger partial charge >= 0.3 is 0 Å². The van der Waals surface area contributed by atoms with Gasteiger partial charge in [0.15, 0.2) is 0 Å². The molecule has 4 aromatic carbocycles. The van der Waals surface area contributed by atoms with E-state index in [1.54, 1.807) is 24.8 Å². The number of nitrogens with zero attached hydrogens (tertiary/aromatic N) is 4. The summed E-state index contributed by atoms with van der Waals surface area (Å²) in [5.74, 6) is 1.48. The maximum atomic E-state index is 6.02. The lowest BCUT2D eigenvalue weighted by Crippen LogP contribution is -2.07. The van der Waals surface area contributed by atoms with Crippen molar-refractivity contribution in [1.82, 2.24) is 9.97 Å². The topological polar surface area (TPSA) is 87.4 Å².